The molecule has 1 aromatic carbocycles. The van der Waals surface area contributed by atoms with Crippen molar-refractivity contribution in [1.82, 2.24) is 9.97 Å². The lowest BCUT2D eigenvalue weighted by atomic mass is 10.0. The first-order chi connectivity index (χ1) is 10.3. The summed E-state index contributed by atoms with van der Waals surface area (Å²) >= 11 is 3.39. The summed E-state index contributed by atoms with van der Waals surface area (Å²) in [5.74, 6) is 2.30. The summed E-state index contributed by atoms with van der Waals surface area (Å²) in [7, 11) is 0. The van der Waals surface area contributed by atoms with Crippen LogP contribution in [0.5, 0.6) is 0 Å². The number of para-hydroxylation sites is 1. The van der Waals surface area contributed by atoms with Gasteiger partial charge in [-0.05, 0) is 28.1 Å². The summed E-state index contributed by atoms with van der Waals surface area (Å²) in [6.45, 7) is 4.41. The fourth-order valence-electron chi connectivity index (χ4n) is 3.47. The Labute approximate surface area is 132 Å². The van der Waals surface area contributed by atoms with E-state index in [0.29, 0.717) is 0 Å². The van der Waals surface area contributed by atoms with E-state index in [-0.39, 0.29) is 0 Å². The minimum Gasteiger partial charge on any atom is -0.371 e. The summed E-state index contributed by atoms with van der Waals surface area (Å²) in [5.41, 5.74) is 1.35. The van der Waals surface area contributed by atoms with Gasteiger partial charge in [-0.1, -0.05) is 18.2 Å². The number of nitrogens with zero attached hydrogens (tertiary/aromatic N) is 4. The van der Waals surface area contributed by atoms with E-state index in [4.69, 9.17) is 0 Å². The van der Waals surface area contributed by atoms with Crippen LogP contribution in [0.1, 0.15) is 0 Å². The van der Waals surface area contributed by atoms with E-state index in [1.165, 1.54) is 5.69 Å². The van der Waals surface area contributed by atoms with Crippen molar-refractivity contribution in [2.45, 2.75) is 0 Å². The fraction of sp³-hybridized carbons (Fsp3) is 0.375. The average Bonchev–Trinajstić information content (AvgIpc) is 3.07. The lowest BCUT2D eigenvalue weighted by Gasteiger charge is -2.23. The van der Waals surface area contributed by atoms with Gasteiger partial charge < -0.3 is 9.80 Å². The van der Waals surface area contributed by atoms with Crippen molar-refractivity contribution in [3.63, 3.8) is 0 Å². The van der Waals surface area contributed by atoms with Crippen molar-refractivity contribution >= 4 is 27.6 Å². The molecule has 0 spiro atoms. The van der Waals surface area contributed by atoms with E-state index < -0.39 is 0 Å². The average molecular weight is 345 g/mol. The van der Waals surface area contributed by atoms with E-state index in [0.717, 1.165) is 48.4 Å². The third-order valence-corrected chi connectivity index (χ3v) is 4.91. The molecule has 1 aromatic heterocycles. The Morgan fingerprint density at radius 2 is 1.43 bits per heavy atom. The Morgan fingerprint density at radius 3 is 2.05 bits per heavy atom. The highest BCUT2D eigenvalue weighted by atomic mass is 79.9. The zero-order valence-corrected chi connectivity index (χ0v) is 13.3. The monoisotopic (exact) mass is 344 g/mol. The second-order valence-corrected chi connectivity index (χ2v) is 6.78. The lowest BCUT2D eigenvalue weighted by Crippen LogP contribution is -2.29. The molecule has 3 heterocycles. The normalized spacial score (nSPS) is 24.4. The fourth-order valence-corrected chi connectivity index (χ4v) is 3.68. The van der Waals surface area contributed by atoms with E-state index in [9.17, 15) is 0 Å². The predicted molar refractivity (Wildman–Crippen MR) is 87.6 cm³/mol. The maximum absolute atomic E-state index is 4.42. The maximum Gasteiger partial charge on any atom is 0.225 e. The van der Waals surface area contributed by atoms with E-state index in [2.05, 4.69) is 66.0 Å². The van der Waals surface area contributed by atoms with Gasteiger partial charge in [-0.2, -0.15) is 0 Å². The number of hydrogen-bond acceptors (Lipinski definition) is 4. The zero-order chi connectivity index (χ0) is 14.2. The number of hydrogen-bond donors (Lipinski definition) is 0. The standard InChI is InChI=1S/C16H17BrN4/c17-14-6-18-16(19-7-14)21-10-12-8-20(9-13(12)11-21)15-4-2-1-3-5-15/h1-7,12-13H,8-11H2/t12-,13-/m0/s1. The number of fused-ring (bicyclic) bond motifs is 1. The van der Waals surface area contributed by atoms with E-state index >= 15 is 0 Å². The molecule has 0 aliphatic carbocycles. The van der Waals surface area contributed by atoms with Crippen LogP contribution < -0.4 is 9.80 Å². The molecule has 108 valence electrons. The first-order valence-corrected chi connectivity index (χ1v) is 8.11. The van der Waals surface area contributed by atoms with Gasteiger partial charge in [-0.25, -0.2) is 9.97 Å². The minimum atomic E-state index is 0.720. The molecule has 2 atom stereocenters. The highest BCUT2D eigenvalue weighted by Crippen LogP contribution is 2.35. The summed E-state index contributed by atoms with van der Waals surface area (Å²) in [6.07, 6.45) is 3.65. The molecule has 2 fully saturated rings. The molecular formula is C16H17BrN4. The molecule has 2 aliphatic heterocycles. The molecular weight excluding hydrogens is 328 g/mol. The molecule has 2 saturated heterocycles. The van der Waals surface area contributed by atoms with Gasteiger partial charge in [-0.15, -0.1) is 0 Å². The molecule has 4 nitrogen and oxygen atoms in total. The van der Waals surface area contributed by atoms with Crippen LogP contribution in [0.15, 0.2) is 47.2 Å². The van der Waals surface area contributed by atoms with Crippen LogP contribution >= 0.6 is 15.9 Å². The minimum absolute atomic E-state index is 0.720. The molecule has 21 heavy (non-hydrogen) atoms. The second kappa shape index (κ2) is 5.30. The molecule has 4 rings (SSSR count). The van der Waals surface area contributed by atoms with Crippen LogP contribution in [0.4, 0.5) is 11.6 Å². The topological polar surface area (TPSA) is 32.3 Å². The SMILES string of the molecule is Brc1cnc(N2C[C@@H]3CN(c4ccccc4)C[C@H]3C2)nc1. The summed E-state index contributed by atoms with van der Waals surface area (Å²) < 4.78 is 0.931. The van der Waals surface area contributed by atoms with Gasteiger partial charge >= 0.3 is 0 Å². The number of halogens is 1. The zero-order valence-electron chi connectivity index (χ0n) is 11.7. The Bertz CT molecular complexity index is 602. The first kappa shape index (κ1) is 13.1. The second-order valence-electron chi connectivity index (χ2n) is 5.87. The van der Waals surface area contributed by atoms with Crippen LogP contribution in [0, 0.1) is 11.8 Å². The summed E-state index contributed by atoms with van der Waals surface area (Å²) in [4.78, 5) is 13.7. The van der Waals surface area contributed by atoms with Gasteiger partial charge in [0.25, 0.3) is 0 Å². The van der Waals surface area contributed by atoms with Crippen molar-refractivity contribution < 1.29 is 0 Å². The molecule has 5 heteroatoms. The lowest BCUT2D eigenvalue weighted by molar-refractivity contribution is 0.533. The molecule has 0 N–H and O–H groups in total. The van der Waals surface area contributed by atoms with Gasteiger partial charge in [0, 0.05) is 56.1 Å². The largest absolute Gasteiger partial charge is 0.371 e. The van der Waals surface area contributed by atoms with Gasteiger partial charge in [0.05, 0.1) is 4.47 Å². The first-order valence-electron chi connectivity index (χ1n) is 7.32. The van der Waals surface area contributed by atoms with Crippen molar-refractivity contribution in [2.24, 2.45) is 11.8 Å². The van der Waals surface area contributed by atoms with Crippen LogP contribution in [-0.2, 0) is 0 Å². The Hall–Kier alpha value is -1.62. The Morgan fingerprint density at radius 1 is 0.857 bits per heavy atom. The molecule has 0 saturated carbocycles. The number of aromatic nitrogens is 2. The smallest absolute Gasteiger partial charge is 0.225 e. The molecule has 0 amide bonds. The molecule has 0 unspecified atom stereocenters. The van der Waals surface area contributed by atoms with Crippen LogP contribution in [0.2, 0.25) is 0 Å². The quantitative estimate of drug-likeness (QED) is 0.838. The molecule has 2 aliphatic rings. The molecule has 0 bridgehead atoms. The third kappa shape index (κ3) is 2.50. The van der Waals surface area contributed by atoms with Crippen molar-refractivity contribution in [3.05, 3.63) is 47.2 Å². The Balaban J connectivity index is 1.45. The highest BCUT2D eigenvalue weighted by molar-refractivity contribution is 9.10. The van der Waals surface area contributed by atoms with Gasteiger partial charge in [0.15, 0.2) is 0 Å². The van der Waals surface area contributed by atoms with Crippen molar-refractivity contribution in [1.29, 1.82) is 0 Å². The van der Waals surface area contributed by atoms with Gasteiger partial charge in [0.1, 0.15) is 0 Å². The third-order valence-electron chi connectivity index (χ3n) is 4.50. The van der Waals surface area contributed by atoms with Crippen LogP contribution in [0.3, 0.4) is 0 Å². The van der Waals surface area contributed by atoms with Gasteiger partial charge in [0.2, 0.25) is 5.95 Å². The maximum atomic E-state index is 4.42. The summed E-state index contributed by atoms with van der Waals surface area (Å²) in [6, 6.07) is 10.7. The van der Waals surface area contributed by atoms with Gasteiger partial charge in [-0.3, -0.25) is 0 Å². The van der Waals surface area contributed by atoms with E-state index in [1.807, 2.05) is 12.4 Å². The van der Waals surface area contributed by atoms with Crippen LogP contribution in [-0.4, -0.2) is 36.1 Å². The molecule has 2 aromatic rings. The number of rotatable bonds is 2. The van der Waals surface area contributed by atoms with Crippen LogP contribution in [0.25, 0.3) is 0 Å². The van der Waals surface area contributed by atoms with Crippen molar-refractivity contribution in [3.8, 4) is 0 Å². The number of anilines is 2. The molecule has 0 radical (unpaired) electrons. The van der Waals surface area contributed by atoms with Crippen molar-refractivity contribution in [2.75, 3.05) is 36.0 Å². The Kier molecular flexibility index (Phi) is 3.30. The predicted octanol–water partition coefficient (Wildman–Crippen LogP) is 2.81. The summed E-state index contributed by atoms with van der Waals surface area (Å²) in [5, 5.41) is 0. The highest BCUT2D eigenvalue weighted by Gasteiger charge is 2.40. The van der Waals surface area contributed by atoms with E-state index in [1.54, 1.807) is 0 Å². The number of benzene rings is 1.